The summed E-state index contributed by atoms with van der Waals surface area (Å²) in [6.45, 7) is 4.00. The molecule has 3 aliphatic rings. The second-order valence-corrected chi connectivity index (χ2v) is 12.6. The summed E-state index contributed by atoms with van der Waals surface area (Å²) in [4.78, 5) is 19.0. The Bertz CT molecular complexity index is 1390. The third kappa shape index (κ3) is 4.94. The van der Waals surface area contributed by atoms with Crippen LogP contribution in [0.4, 0.5) is 0 Å². The summed E-state index contributed by atoms with van der Waals surface area (Å²) < 4.78 is 35.1. The number of ether oxygens (including phenoxy) is 1. The van der Waals surface area contributed by atoms with Crippen LogP contribution in [0.15, 0.2) is 53.4 Å². The van der Waals surface area contributed by atoms with Crippen molar-refractivity contribution in [2.45, 2.75) is 62.4 Å². The number of carbonyl (C=O) groups is 1. The van der Waals surface area contributed by atoms with Gasteiger partial charge in [-0.3, -0.25) is 4.79 Å². The van der Waals surface area contributed by atoms with Crippen molar-refractivity contribution in [2.75, 3.05) is 19.8 Å². The van der Waals surface area contributed by atoms with E-state index >= 15 is 0 Å². The number of rotatable bonds is 6. The minimum absolute atomic E-state index is 0.0187. The Morgan fingerprint density at radius 2 is 1.78 bits per heavy atom. The molecule has 37 heavy (non-hydrogen) atoms. The first-order valence-corrected chi connectivity index (χ1v) is 15.0. The first kappa shape index (κ1) is 24.6. The first-order chi connectivity index (χ1) is 17.9. The van der Waals surface area contributed by atoms with E-state index in [2.05, 4.69) is 21.5 Å². The van der Waals surface area contributed by atoms with E-state index in [-0.39, 0.29) is 28.8 Å². The average molecular weight is 522 g/mol. The van der Waals surface area contributed by atoms with E-state index in [4.69, 9.17) is 4.74 Å². The molecule has 0 spiro atoms. The van der Waals surface area contributed by atoms with Gasteiger partial charge in [-0.05, 0) is 74.6 Å². The van der Waals surface area contributed by atoms with Crippen LogP contribution in [0.2, 0.25) is 0 Å². The van der Waals surface area contributed by atoms with Crippen molar-refractivity contribution in [3.63, 3.8) is 0 Å². The Kier molecular flexibility index (Phi) is 6.59. The summed E-state index contributed by atoms with van der Waals surface area (Å²) in [6, 6.07) is 15.4. The maximum absolute atomic E-state index is 13.3. The van der Waals surface area contributed by atoms with Crippen LogP contribution in [-0.4, -0.2) is 56.1 Å². The van der Waals surface area contributed by atoms with Crippen LogP contribution >= 0.6 is 0 Å². The molecule has 8 heteroatoms. The van der Waals surface area contributed by atoms with Gasteiger partial charge in [-0.2, -0.15) is 0 Å². The zero-order valence-corrected chi connectivity index (χ0v) is 22.1. The Morgan fingerprint density at radius 1 is 1.03 bits per heavy atom. The van der Waals surface area contributed by atoms with E-state index in [1.54, 1.807) is 12.1 Å². The molecule has 1 unspecified atom stereocenters. The molecule has 2 N–H and O–H groups in total. The van der Waals surface area contributed by atoms with Crippen molar-refractivity contribution in [3.8, 4) is 11.3 Å². The second-order valence-electron chi connectivity index (χ2n) is 10.9. The maximum atomic E-state index is 13.3. The number of nitrogens with one attached hydrogen (secondary N) is 2. The molecular weight excluding hydrogens is 486 g/mol. The van der Waals surface area contributed by atoms with Crippen LogP contribution in [0.1, 0.15) is 44.1 Å². The van der Waals surface area contributed by atoms with Crippen molar-refractivity contribution >= 4 is 26.8 Å². The Hall–Kier alpha value is -2.68. The molecule has 6 rings (SSSR count). The van der Waals surface area contributed by atoms with Crippen LogP contribution in [-0.2, 0) is 19.6 Å². The fraction of sp³-hybridized carbons (Fsp3) is 0.483. The lowest BCUT2D eigenvalue weighted by atomic mass is 9.85. The Balaban J connectivity index is 1.12. The van der Waals surface area contributed by atoms with Crippen LogP contribution in [0.5, 0.6) is 0 Å². The highest BCUT2D eigenvalue weighted by Crippen LogP contribution is 2.38. The molecule has 1 aliphatic heterocycles. The lowest BCUT2D eigenvalue weighted by Gasteiger charge is -2.39. The van der Waals surface area contributed by atoms with E-state index < -0.39 is 10.0 Å². The molecule has 2 heterocycles. The molecule has 1 aromatic heterocycles. The molecule has 2 aromatic carbocycles. The molecule has 3 fully saturated rings. The van der Waals surface area contributed by atoms with Gasteiger partial charge in [0.1, 0.15) is 0 Å². The number of H-pyrrole nitrogens is 1. The van der Waals surface area contributed by atoms with E-state index in [9.17, 15) is 13.2 Å². The molecule has 0 bridgehead atoms. The molecule has 1 amide bonds. The third-order valence-corrected chi connectivity index (χ3v) is 9.93. The molecule has 3 aromatic rings. The molecular formula is C29H35N3O4S. The van der Waals surface area contributed by atoms with Gasteiger partial charge >= 0.3 is 0 Å². The van der Waals surface area contributed by atoms with Crippen LogP contribution in [0, 0.1) is 18.8 Å². The number of carbonyl (C=O) groups excluding carboxylic acids is 1. The van der Waals surface area contributed by atoms with Crippen LogP contribution in [0.25, 0.3) is 22.2 Å². The Labute approximate surface area is 218 Å². The minimum atomic E-state index is -3.67. The van der Waals surface area contributed by atoms with E-state index in [0.29, 0.717) is 38.5 Å². The molecule has 2 aliphatic carbocycles. The van der Waals surface area contributed by atoms with Gasteiger partial charge in [-0.1, -0.05) is 36.4 Å². The van der Waals surface area contributed by atoms with Crippen LogP contribution < -0.4 is 4.72 Å². The molecule has 1 saturated heterocycles. The number of nitrogens with zero attached hydrogens (tertiary/aromatic N) is 1. The highest BCUT2D eigenvalue weighted by molar-refractivity contribution is 7.89. The zero-order valence-electron chi connectivity index (χ0n) is 21.3. The van der Waals surface area contributed by atoms with Gasteiger partial charge in [-0.25, -0.2) is 13.1 Å². The summed E-state index contributed by atoms with van der Waals surface area (Å²) in [6.07, 6.45) is 5.17. The van der Waals surface area contributed by atoms with E-state index in [1.165, 1.54) is 12.8 Å². The van der Waals surface area contributed by atoms with Crippen molar-refractivity contribution in [1.82, 2.24) is 14.6 Å². The van der Waals surface area contributed by atoms with Gasteiger partial charge in [0.25, 0.3) is 0 Å². The number of fused-ring (bicyclic) bond motifs is 1. The number of aryl methyl sites for hydroxylation is 1. The van der Waals surface area contributed by atoms with Gasteiger partial charge in [0, 0.05) is 35.1 Å². The number of morpholine rings is 1. The van der Waals surface area contributed by atoms with Crippen LogP contribution in [0.3, 0.4) is 0 Å². The molecule has 1 atom stereocenters. The number of amides is 1. The molecule has 0 radical (unpaired) electrons. The average Bonchev–Trinajstić information content (AvgIpc) is 3.72. The Morgan fingerprint density at radius 3 is 2.51 bits per heavy atom. The predicted octanol–water partition coefficient (Wildman–Crippen LogP) is 4.62. The summed E-state index contributed by atoms with van der Waals surface area (Å²) in [7, 11) is -3.67. The van der Waals surface area contributed by atoms with E-state index in [1.807, 2.05) is 36.4 Å². The largest absolute Gasteiger partial charge is 0.377 e. The lowest BCUT2D eigenvalue weighted by molar-refractivity contribution is -0.146. The van der Waals surface area contributed by atoms with Gasteiger partial charge in [0.15, 0.2) is 0 Å². The molecule has 2 saturated carbocycles. The monoisotopic (exact) mass is 521 g/mol. The van der Waals surface area contributed by atoms with Crippen molar-refractivity contribution in [2.24, 2.45) is 11.8 Å². The smallest absolute Gasteiger partial charge is 0.240 e. The number of aromatic nitrogens is 1. The first-order valence-electron chi connectivity index (χ1n) is 13.5. The van der Waals surface area contributed by atoms with Gasteiger partial charge < -0.3 is 14.6 Å². The topological polar surface area (TPSA) is 91.5 Å². The zero-order chi connectivity index (χ0) is 25.6. The number of hydrogen-bond acceptors (Lipinski definition) is 4. The highest BCUT2D eigenvalue weighted by Gasteiger charge is 2.41. The van der Waals surface area contributed by atoms with Crippen molar-refractivity contribution < 1.29 is 17.9 Å². The number of sulfonamides is 1. The summed E-state index contributed by atoms with van der Waals surface area (Å²) in [5.41, 5.74) is 3.99. The lowest BCUT2D eigenvalue weighted by Crippen LogP contribution is -2.52. The fourth-order valence-corrected chi connectivity index (χ4v) is 7.46. The van der Waals surface area contributed by atoms with Crippen molar-refractivity contribution in [1.29, 1.82) is 0 Å². The SMILES string of the molecule is Cc1c(-c2ccccc2)[nH]c2cc(S(=O)(=O)NC3CCC(C(=O)N4CCOCC4C4CC4)CC3)ccc12. The third-order valence-electron chi connectivity index (χ3n) is 8.42. The summed E-state index contributed by atoms with van der Waals surface area (Å²) >= 11 is 0. The number of hydrogen-bond donors (Lipinski definition) is 2. The van der Waals surface area contributed by atoms with Crippen molar-refractivity contribution in [3.05, 3.63) is 54.1 Å². The summed E-state index contributed by atoms with van der Waals surface area (Å²) in [5.74, 6) is 0.815. The minimum Gasteiger partial charge on any atom is -0.377 e. The normalized spacial score (nSPS) is 24.9. The number of aromatic amines is 1. The second kappa shape index (κ2) is 9.89. The maximum Gasteiger partial charge on any atom is 0.240 e. The summed E-state index contributed by atoms with van der Waals surface area (Å²) in [5, 5.41) is 1.02. The number of benzene rings is 2. The van der Waals surface area contributed by atoms with Gasteiger partial charge in [0.05, 0.1) is 24.2 Å². The molecule has 7 nitrogen and oxygen atoms in total. The predicted molar refractivity (Wildman–Crippen MR) is 144 cm³/mol. The standard InChI is InChI=1S/C29H35N3O4S/c1-19-25-14-13-24(17-26(25)30-28(19)21-5-3-2-4-6-21)37(34,35)31-23-11-9-22(10-12-23)29(33)32-15-16-36-18-27(32)20-7-8-20/h2-6,13-14,17,20,22-23,27,30-31H,7-12,15-16,18H2,1H3. The van der Waals surface area contributed by atoms with Gasteiger partial charge in [0.2, 0.25) is 15.9 Å². The van der Waals surface area contributed by atoms with Gasteiger partial charge in [-0.15, -0.1) is 0 Å². The quantitative estimate of drug-likeness (QED) is 0.495. The fourth-order valence-electron chi connectivity index (χ4n) is 6.13. The highest BCUT2D eigenvalue weighted by atomic mass is 32.2. The molecule has 196 valence electrons. The van der Waals surface area contributed by atoms with E-state index in [0.717, 1.165) is 40.6 Å².